The third kappa shape index (κ3) is 4.48. The van der Waals surface area contributed by atoms with Crippen molar-refractivity contribution in [2.45, 2.75) is 19.4 Å². The molecule has 0 spiro atoms. The lowest BCUT2D eigenvalue weighted by atomic mass is 9.94. The van der Waals surface area contributed by atoms with Crippen LogP contribution in [0.4, 0.5) is 0 Å². The highest BCUT2D eigenvalue weighted by molar-refractivity contribution is 7.11. The van der Waals surface area contributed by atoms with E-state index in [2.05, 4.69) is 64.9 Å². The fourth-order valence-corrected chi connectivity index (χ4v) is 4.45. The third-order valence-corrected chi connectivity index (χ3v) is 6.16. The van der Waals surface area contributed by atoms with Crippen LogP contribution in [0.5, 0.6) is 10.9 Å². The maximum absolute atomic E-state index is 12.6. The van der Waals surface area contributed by atoms with Crippen molar-refractivity contribution in [2.75, 3.05) is 0 Å². The van der Waals surface area contributed by atoms with Gasteiger partial charge >= 0.3 is 0 Å². The number of aromatic nitrogens is 1. The summed E-state index contributed by atoms with van der Waals surface area (Å²) in [5, 5.41) is 10.4. The lowest BCUT2D eigenvalue weighted by Crippen LogP contribution is -2.23. The van der Waals surface area contributed by atoms with Crippen LogP contribution in [-0.4, -0.2) is 10.9 Å². The largest absolute Gasteiger partial charge is 0.431 e. The van der Waals surface area contributed by atoms with Crippen molar-refractivity contribution in [1.82, 2.24) is 10.3 Å². The second-order valence-electron chi connectivity index (χ2n) is 7.62. The van der Waals surface area contributed by atoms with Crippen LogP contribution < -0.4 is 10.1 Å². The smallest absolute Gasteiger partial charge is 0.278 e. The van der Waals surface area contributed by atoms with E-state index in [0.717, 1.165) is 11.3 Å². The first-order valence-electron chi connectivity index (χ1n) is 10.6. The summed E-state index contributed by atoms with van der Waals surface area (Å²) in [5.74, 6) is 0.781. The Balaban J connectivity index is 1.23. The van der Waals surface area contributed by atoms with Crippen LogP contribution in [0.1, 0.15) is 17.5 Å². The molecule has 0 bridgehead atoms. The number of hydrogen-bond acceptors (Lipinski definition) is 4. The molecule has 0 saturated heterocycles. The van der Waals surface area contributed by atoms with Gasteiger partial charge in [0.05, 0.1) is 0 Å². The predicted molar refractivity (Wildman–Crippen MR) is 130 cm³/mol. The molecule has 5 aromatic rings. The Hall–Kier alpha value is -3.70. The Morgan fingerprint density at radius 2 is 1.59 bits per heavy atom. The number of carbonyl (C=O) groups excluding carboxylic acids is 1. The molecule has 0 fully saturated rings. The molecule has 4 aromatic carbocycles. The number of nitrogens with one attached hydrogen (secondary N) is 1. The average Bonchev–Trinajstić information content (AvgIpc) is 3.34. The fourth-order valence-electron chi connectivity index (χ4n) is 3.94. The first kappa shape index (κ1) is 20.2. The predicted octanol–water partition coefficient (Wildman–Crippen LogP) is 6.49. The zero-order chi connectivity index (χ0) is 21.8. The number of ether oxygens (including phenoxy) is 1. The molecule has 0 atom stereocenters. The molecule has 0 unspecified atom stereocenters. The molecule has 32 heavy (non-hydrogen) atoms. The maximum atomic E-state index is 12.6. The Bertz CT molecular complexity index is 1310. The van der Waals surface area contributed by atoms with Crippen LogP contribution in [0.15, 0.2) is 90.4 Å². The normalized spacial score (nSPS) is 11.0. The van der Waals surface area contributed by atoms with E-state index in [1.807, 2.05) is 29.6 Å². The van der Waals surface area contributed by atoms with Gasteiger partial charge in [0.2, 0.25) is 5.91 Å². The highest BCUT2D eigenvalue weighted by atomic mass is 32.1. The van der Waals surface area contributed by atoms with Gasteiger partial charge in [0, 0.05) is 24.5 Å². The van der Waals surface area contributed by atoms with Crippen LogP contribution >= 0.6 is 11.3 Å². The van der Waals surface area contributed by atoms with Crippen molar-refractivity contribution in [1.29, 1.82) is 0 Å². The lowest BCUT2D eigenvalue weighted by molar-refractivity contribution is -0.121. The minimum Gasteiger partial charge on any atom is -0.431 e. The summed E-state index contributed by atoms with van der Waals surface area (Å²) in [7, 11) is 0. The number of rotatable bonds is 7. The van der Waals surface area contributed by atoms with Crippen LogP contribution in [0.2, 0.25) is 0 Å². The van der Waals surface area contributed by atoms with Gasteiger partial charge in [-0.05, 0) is 57.3 Å². The Morgan fingerprint density at radius 3 is 2.25 bits per heavy atom. The zero-order valence-electron chi connectivity index (χ0n) is 17.5. The van der Waals surface area contributed by atoms with Crippen molar-refractivity contribution in [3.63, 3.8) is 0 Å². The third-order valence-electron chi connectivity index (χ3n) is 5.51. The molecule has 1 amide bonds. The second-order valence-corrected chi connectivity index (χ2v) is 8.48. The van der Waals surface area contributed by atoms with Crippen LogP contribution in [-0.2, 0) is 17.8 Å². The Morgan fingerprint density at radius 1 is 0.906 bits per heavy atom. The van der Waals surface area contributed by atoms with E-state index < -0.39 is 0 Å². The molecule has 0 saturated carbocycles. The molecule has 0 radical (unpaired) electrons. The minimum absolute atomic E-state index is 0.0464. The number of nitrogens with zero attached hydrogens (tertiary/aromatic N) is 1. The molecular weight excluding hydrogens is 416 g/mol. The van der Waals surface area contributed by atoms with Gasteiger partial charge in [0.15, 0.2) is 0 Å². The number of aryl methyl sites for hydroxylation is 1. The Kier molecular flexibility index (Phi) is 5.81. The topological polar surface area (TPSA) is 51.2 Å². The summed E-state index contributed by atoms with van der Waals surface area (Å²) in [6.45, 7) is 0.493. The maximum Gasteiger partial charge on any atom is 0.278 e. The van der Waals surface area contributed by atoms with E-state index >= 15 is 0 Å². The van der Waals surface area contributed by atoms with Crippen LogP contribution in [0.25, 0.3) is 21.5 Å². The van der Waals surface area contributed by atoms with Gasteiger partial charge in [-0.25, -0.2) is 4.98 Å². The minimum atomic E-state index is 0.0464. The molecule has 1 heterocycles. The van der Waals surface area contributed by atoms with E-state index in [0.29, 0.717) is 24.6 Å². The molecular formula is C27H22N2O2S. The molecule has 5 rings (SSSR count). The van der Waals surface area contributed by atoms with Crippen LogP contribution in [0.3, 0.4) is 0 Å². The monoisotopic (exact) mass is 438 g/mol. The van der Waals surface area contributed by atoms with Gasteiger partial charge in [-0.2, -0.15) is 0 Å². The molecule has 1 aromatic heterocycles. The summed E-state index contributed by atoms with van der Waals surface area (Å²) < 4.78 is 5.68. The van der Waals surface area contributed by atoms with E-state index in [1.54, 1.807) is 6.20 Å². The molecule has 0 aliphatic heterocycles. The first-order chi connectivity index (χ1) is 15.8. The van der Waals surface area contributed by atoms with Crippen LogP contribution in [0, 0.1) is 0 Å². The SMILES string of the molecule is O=C(CCc1c2ccccc2cc2ccccc12)NCc1ccc(Oc2nccs2)cc1. The number of hydrogen-bond donors (Lipinski definition) is 1. The van der Waals surface area contributed by atoms with Gasteiger partial charge in [0.25, 0.3) is 5.19 Å². The lowest BCUT2D eigenvalue weighted by Gasteiger charge is -2.12. The number of carbonyl (C=O) groups is 1. The number of amides is 1. The number of benzene rings is 4. The summed E-state index contributed by atoms with van der Waals surface area (Å²) in [6.07, 6.45) is 2.86. The van der Waals surface area contributed by atoms with E-state index in [9.17, 15) is 4.79 Å². The van der Waals surface area contributed by atoms with Gasteiger partial charge < -0.3 is 10.1 Å². The van der Waals surface area contributed by atoms with Crippen molar-refractivity contribution < 1.29 is 9.53 Å². The van der Waals surface area contributed by atoms with Crippen molar-refractivity contribution >= 4 is 38.8 Å². The molecule has 5 heteroatoms. The standard InChI is InChI=1S/C27H22N2O2S/c30-26(29-18-19-9-11-22(12-10-19)31-27-28-15-16-32-27)14-13-25-23-7-3-1-5-20(23)17-21-6-2-4-8-24(21)25/h1-12,15-17H,13-14,18H2,(H,29,30). The molecule has 0 aliphatic rings. The summed E-state index contributed by atoms with van der Waals surface area (Å²) in [5.41, 5.74) is 2.26. The van der Waals surface area contributed by atoms with Crippen molar-refractivity contribution in [3.8, 4) is 10.9 Å². The molecule has 158 valence electrons. The summed E-state index contributed by atoms with van der Waals surface area (Å²) in [6, 6.07) is 26.7. The summed E-state index contributed by atoms with van der Waals surface area (Å²) in [4.78, 5) is 16.7. The van der Waals surface area contributed by atoms with E-state index in [-0.39, 0.29) is 5.91 Å². The molecule has 0 aliphatic carbocycles. The Labute approximate surface area is 190 Å². The highest BCUT2D eigenvalue weighted by Gasteiger charge is 2.10. The first-order valence-corrected chi connectivity index (χ1v) is 11.5. The van der Waals surface area contributed by atoms with E-state index in [1.165, 1.54) is 38.4 Å². The van der Waals surface area contributed by atoms with Crippen molar-refractivity contribution in [3.05, 3.63) is 102 Å². The second kappa shape index (κ2) is 9.20. The van der Waals surface area contributed by atoms with Gasteiger partial charge in [-0.1, -0.05) is 72.0 Å². The fraction of sp³-hybridized carbons (Fsp3) is 0.111. The average molecular weight is 439 g/mol. The summed E-state index contributed by atoms with van der Waals surface area (Å²) >= 11 is 1.45. The van der Waals surface area contributed by atoms with Gasteiger partial charge in [-0.15, -0.1) is 0 Å². The number of thiazole rings is 1. The van der Waals surface area contributed by atoms with Gasteiger partial charge in [0.1, 0.15) is 5.75 Å². The molecule has 4 nitrogen and oxygen atoms in total. The number of fused-ring (bicyclic) bond motifs is 2. The van der Waals surface area contributed by atoms with Crippen molar-refractivity contribution in [2.24, 2.45) is 0 Å². The zero-order valence-corrected chi connectivity index (χ0v) is 18.3. The van der Waals surface area contributed by atoms with E-state index in [4.69, 9.17) is 4.74 Å². The van der Waals surface area contributed by atoms with Gasteiger partial charge in [-0.3, -0.25) is 4.79 Å². The quantitative estimate of drug-likeness (QED) is 0.296. The highest BCUT2D eigenvalue weighted by Crippen LogP contribution is 2.29. The molecule has 1 N–H and O–H groups in total.